The van der Waals surface area contributed by atoms with E-state index in [1.54, 1.807) is 7.11 Å². The first kappa shape index (κ1) is 21.0. The van der Waals surface area contributed by atoms with Gasteiger partial charge in [-0.1, -0.05) is 66.7 Å². The first-order chi connectivity index (χ1) is 15.8. The van der Waals surface area contributed by atoms with Gasteiger partial charge in [0.2, 0.25) is 0 Å². The van der Waals surface area contributed by atoms with E-state index in [1.165, 1.54) is 64.2 Å². The topological polar surface area (TPSA) is 24.5 Å². The Labute approximate surface area is 191 Å². The lowest BCUT2D eigenvalue weighted by Crippen LogP contribution is -2.29. The van der Waals surface area contributed by atoms with Crippen LogP contribution in [0.2, 0.25) is 0 Å². The fourth-order valence-corrected chi connectivity index (χ4v) is 5.09. The van der Waals surface area contributed by atoms with E-state index in [0.29, 0.717) is 0 Å². The van der Waals surface area contributed by atoms with Crippen molar-refractivity contribution >= 4 is 21.5 Å². The van der Waals surface area contributed by atoms with E-state index < -0.39 is 0 Å². The molecule has 3 heteroatoms. The molecular weight excluding hydrogens is 392 g/mol. The minimum Gasteiger partial charge on any atom is -0.496 e. The average Bonchev–Trinajstić information content (AvgIpc) is 3.36. The predicted molar refractivity (Wildman–Crippen MR) is 135 cm³/mol. The molecule has 0 spiro atoms. The monoisotopic (exact) mass is 424 g/mol. The Morgan fingerprint density at radius 2 is 1.44 bits per heavy atom. The Kier molecular flexibility index (Phi) is 6.38. The van der Waals surface area contributed by atoms with Gasteiger partial charge in [-0.3, -0.25) is 0 Å². The van der Waals surface area contributed by atoms with Crippen LogP contribution < -0.4 is 10.1 Å². The van der Waals surface area contributed by atoms with Gasteiger partial charge in [-0.2, -0.15) is 0 Å². The number of ether oxygens (including phenoxy) is 1. The number of methoxy groups -OCH3 is 1. The summed E-state index contributed by atoms with van der Waals surface area (Å²) in [5.41, 5.74) is 4.03. The standard InChI is InChI=1S/C29H32N2O/c1-32-29-15-14-23-9-3-5-11-26(23)28(29)20-27-24(13-12-22-8-2-4-10-25(22)27)21-30-16-19-31-17-6-7-18-31/h2-5,8-15,30H,6-7,16-21H2,1H3. The maximum atomic E-state index is 5.81. The van der Waals surface area contributed by atoms with Gasteiger partial charge in [-0.05, 0) is 64.7 Å². The molecule has 0 aromatic heterocycles. The summed E-state index contributed by atoms with van der Waals surface area (Å²) >= 11 is 0. The van der Waals surface area contributed by atoms with Gasteiger partial charge in [0.25, 0.3) is 0 Å². The largest absolute Gasteiger partial charge is 0.496 e. The van der Waals surface area contributed by atoms with Crippen LogP contribution >= 0.6 is 0 Å². The molecule has 0 atom stereocenters. The van der Waals surface area contributed by atoms with Crippen molar-refractivity contribution in [1.82, 2.24) is 10.2 Å². The molecule has 32 heavy (non-hydrogen) atoms. The number of rotatable bonds is 8. The molecule has 1 N–H and O–H groups in total. The third-order valence-electron chi connectivity index (χ3n) is 6.83. The number of hydrogen-bond acceptors (Lipinski definition) is 3. The van der Waals surface area contributed by atoms with E-state index in [2.05, 4.69) is 83.0 Å². The Bertz CT molecular complexity index is 1210. The van der Waals surface area contributed by atoms with Crippen LogP contribution in [-0.2, 0) is 13.0 Å². The lowest BCUT2D eigenvalue weighted by molar-refractivity contribution is 0.335. The average molecular weight is 425 g/mol. The van der Waals surface area contributed by atoms with E-state index in [-0.39, 0.29) is 0 Å². The highest BCUT2D eigenvalue weighted by molar-refractivity contribution is 5.91. The molecule has 0 unspecified atom stereocenters. The van der Waals surface area contributed by atoms with E-state index in [1.807, 2.05) is 0 Å². The van der Waals surface area contributed by atoms with E-state index in [9.17, 15) is 0 Å². The van der Waals surface area contributed by atoms with Crippen LogP contribution in [0.1, 0.15) is 29.5 Å². The molecule has 4 aromatic rings. The van der Waals surface area contributed by atoms with Crippen LogP contribution in [-0.4, -0.2) is 38.2 Å². The molecule has 0 radical (unpaired) electrons. The Morgan fingerprint density at radius 3 is 2.16 bits per heavy atom. The van der Waals surface area contributed by atoms with Crippen LogP contribution in [0.3, 0.4) is 0 Å². The number of hydrogen-bond donors (Lipinski definition) is 1. The lowest BCUT2D eigenvalue weighted by atomic mass is 9.91. The highest BCUT2D eigenvalue weighted by atomic mass is 16.5. The van der Waals surface area contributed by atoms with Gasteiger partial charge >= 0.3 is 0 Å². The van der Waals surface area contributed by atoms with Crippen molar-refractivity contribution < 1.29 is 4.74 Å². The number of likely N-dealkylation sites (tertiary alicyclic amines) is 1. The smallest absolute Gasteiger partial charge is 0.123 e. The van der Waals surface area contributed by atoms with E-state index in [4.69, 9.17) is 4.74 Å². The first-order valence-electron chi connectivity index (χ1n) is 11.8. The van der Waals surface area contributed by atoms with E-state index >= 15 is 0 Å². The van der Waals surface area contributed by atoms with Crippen molar-refractivity contribution in [2.75, 3.05) is 33.3 Å². The summed E-state index contributed by atoms with van der Waals surface area (Å²) < 4.78 is 5.81. The van der Waals surface area contributed by atoms with Crippen LogP contribution in [0.15, 0.2) is 72.8 Å². The molecule has 4 aromatic carbocycles. The summed E-state index contributed by atoms with van der Waals surface area (Å²) in [7, 11) is 1.78. The second-order valence-corrected chi connectivity index (χ2v) is 8.79. The summed E-state index contributed by atoms with van der Waals surface area (Å²) in [6, 6.07) is 26.2. The lowest BCUT2D eigenvalue weighted by Gasteiger charge is -2.18. The Hall–Kier alpha value is -2.88. The molecule has 1 fully saturated rings. The third-order valence-corrected chi connectivity index (χ3v) is 6.83. The summed E-state index contributed by atoms with van der Waals surface area (Å²) in [6.07, 6.45) is 3.55. The summed E-state index contributed by atoms with van der Waals surface area (Å²) in [4.78, 5) is 2.56. The molecular formula is C29H32N2O. The molecule has 0 bridgehead atoms. The number of nitrogens with zero attached hydrogens (tertiary/aromatic N) is 1. The van der Waals surface area contributed by atoms with Crippen molar-refractivity contribution in [2.24, 2.45) is 0 Å². The molecule has 1 heterocycles. The summed E-state index contributed by atoms with van der Waals surface area (Å²) in [5.74, 6) is 0.963. The molecule has 1 aliphatic rings. The number of fused-ring (bicyclic) bond motifs is 2. The van der Waals surface area contributed by atoms with Crippen molar-refractivity contribution in [3.8, 4) is 5.75 Å². The minimum atomic E-state index is 0.856. The van der Waals surface area contributed by atoms with Gasteiger partial charge in [-0.25, -0.2) is 0 Å². The molecule has 1 saturated heterocycles. The van der Waals surface area contributed by atoms with Crippen LogP contribution in [0, 0.1) is 0 Å². The van der Waals surface area contributed by atoms with Gasteiger partial charge in [0.05, 0.1) is 7.11 Å². The highest BCUT2D eigenvalue weighted by Gasteiger charge is 2.15. The van der Waals surface area contributed by atoms with Crippen molar-refractivity contribution in [3.63, 3.8) is 0 Å². The van der Waals surface area contributed by atoms with E-state index in [0.717, 1.165) is 31.8 Å². The molecule has 0 saturated carbocycles. The Morgan fingerprint density at radius 1 is 0.781 bits per heavy atom. The van der Waals surface area contributed by atoms with Crippen LogP contribution in [0.4, 0.5) is 0 Å². The van der Waals surface area contributed by atoms with Crippen molar-refractivity contribution in [3.05, 3.63) is 89.5 Å². The normalized spacial score (nSPS) is 14.4. The summed E-state index contributed by atoms with van der Waals surface area (Å²) in [5, 5.41) is 8.87. The van der Waals surface area contributed by atoms with Gasteiger partial charge < -0.3 is 15.0 Å². The van der Waals surface area contributed by atoms with Crippen molar-refractivity contribution in [2.45, 2.75) is 25.8 Å². The molecule has 0 amide bonds. The molecule has 1 aliphatic heterocycles. The van der Waals surface area contributed by atoms with Gasteiger partial charge in [0.15, 0.2) is 0 Å². The second-order valence-electron chi connectivity index (χ2n) is 8.79. The molecule has 164 valence electrons. The Balaban J connectivity index is 1.48. The summed E-state index contributed by atoms with van der Waals surface area (Å²) in [6.45, 7) is 5.57. The second kappa shape index (κ2) is 9.72. The zero-order valence-corrected chi connectivity index (χ0v) is 18.9. The maximum absolute atomic E-state index is 5.81. The number of nitrogens with one attached hydrogen (secondary N) is 1. The van der Waals surface area contributed by atoms with Gasteiger partial charge in [0, 0.05) is 31.6 Å². The number of benzene rings is 4. The zero-order chi connectivity index (χ0) is 21.8. The first-order valence-corrected chi connectivity index (χ1v) is 11.8. The molecule has 5 rings (SSSR count). The van der Waals surface area contributed by atoms with Crippen LogP contribution in [0.5, 0.6) is 5.75 Å². The van der Waals surface area contributed by atoms with Gasteiger partial charge in [-0.15, -0.1) is 0 Å². The van der Waals surface area contributed by atoms with Crippen LogP contribution in [0.25, 0.3) is 21.5 Å². The molecule has 3 nitrogen and oxygen atoms in total. The minimum absolute atomic E-state index is 0.856. The molecule has 0 aliphatic carbocycles. The zero-order valence-electron chi connectivity index (χ0n) is 18.9. The SMILES string of the molecule is COc1ccc2ccccc2c1Cc1c(CNCCN2CCCC2)ccc2ccccc12. The van der Waals surface area contributed by atoms with Crippen molar-refractivity contribution in [1.29, 1.82) is 0 Å². The van der Waals surface area contributed by atoms with Gasteiger partial charge in [0.1, 0.15) is 5.75 Å². The quantitative estimate of drug-likeness (QED) is 0.363. The predicted octanol–water partition coefficient (Wildman–Crippen LogP) is 5.78. The highest BCUT2D eigenvalue weighted by Crippen LogP contribution is 2.33. The maximum Gasteiger partial charge on any atom is 0.123 e. The third kappa shape index (κ3) is 4.36. The fourth-order valence-electron chi connectivity index (χ4n) is 5.09. The fraction of sp³-hybridized carbons (Fsp3) is 0.310.